The minimum Gasteiger partial charge on any atom is -0.352 e. The molecule has 0 spiro atoms. The number of aromatic nitrogens is 2. The van der Waals surface area contributed by atoms with E-state index in [1.165, 1.54) is 0 Å². The minimum atomic E-state index is -0.206. The van der Waals surface area contributed by atoms with E-state index in [-0.39, 0.29) is 11.8 Å². The zero-order chi connectivity index (χ0) is 23.5. The fraction of sp³-hybridized carbons (Fsp3) is 0.308. The van der Waals surface area contributed by atoms with Crippen molar-refractivity contribution >= 4 is 17.5 Å². The average Bonchev–Trinajstić information content (AvgIpc) is 2.85. The van der Waals surface area contributed by atoms with Gasteiger partial charge >= 0.3 is 0 Å². The van der Waals surface area contributed by atoms with Crippen LogP contribution in [0, 0.1) is 0 Å². The van der Waals surface area contributed by atoms with Gasteiger partial charge in [-0.1, -0.05) is 26.0 Å². The van der Waals surface area contributed by atoms with E-state index in [1.54, 1.807) is 42.9 Å². The van der Waals surface area contributed by atoms with Crippen molar-refractivity contribution in [3.8, 4) is 0 Å². The molecule has 7 nitrogen and oxygen atoms in total. The third-order valence-electron chi connectivity index (χ3n) is 5.42. The molecule has 0 atom stereocenters. The fourth-order valence-corrected chi connectivity index (χ4v) is 3.53. The summed E-state index contributed by atoms with van der Waals surface area (Å²) in [5.41, 5.74) is 3.56. The van der Waals surface area contributed by atoms with Gasteiger partial charge in [0.1, 0.15) is 0 Å². The Kier molecular flexibility index (Phi) is 9.08. The summed E-state index contributed by atoms with van der Waals surface area (Å²) < 4.78 is 0. The number of nitrogens with one attached hydrogen (secondary N) is 2. The highest BCUT2D eigenvalue weighted by Crippen LogP contribution is 2.13. The first-order valence-corrected chi connectivity index (χ1v) is 11.3. The van der Waals surface area contributed by atoms with E-state index < -0.39 is 0 Å². The van der Waals surface area contributed by atoms with Crippen molar-refractivity contribution in [2.75, 3.05) is 31.5 Å². The van der Waals surface area contributed by atoms with E-state index in [4.69, 9.17) is 0 Å². The lowest BCUT2D eigenvalue weighted by atomic mass is 10.0. The Balaban J connectivity index is 1.58. The van der Waals surface area contributed by atoms with E-state index in [2.05, 4.69) is 39.3 Å². The van der Waals surface area contributed by atoms with E-state index in [1.807, 2.05) is 24.3 Å². The van der Waals surface area contributed by atoms with Crippen LogP contribution in [-0.2, 0) is 6.42 Å². The molecule has 0 unspecified atom stereocenters. The second-order valence-corrected chi connectivity index (χ2v) is 7.74. The van der Waals surface area contributed by atoms with Gasteiger partial charge in [-0.3, -0.25) is 19.6 Å². The summed E-state index contributed by atoms with van der Waals surface area (Å²) in [5, 5.41) is 5.85. The lowest BCUT2D eigenvalue weighted by Crippen LogP contribution is -2.29. The largest absolute Gasteiger partial charge is 0.352 e. The normalized spacial score (nSPS) is 10.8. The predicted molar refractivity (Wildman–Crippen MR) is 130 cm³/mol. The molecule has 172 valence electrons. The maximum Gasteiger partial charge on any atom is 0.255 e. The van der Waals surface area contributed by atoms with Crippen molar-refractivity contribution in [3.63, 3.8) is 0 Å². The number of pyridine rings is 2. The van der Waals surface area contributed by atoms with Crippen LogP contribution in [0.2, 0.25) is 0 Å². The third kappa shape index (κ3) is 7.50. The fourth-order valence-electron chi connectivity index (χ4n) is 3.53. The van der Waals surface area contributed by atoms with E-state index >= 15 is 0 Å². The molecule has 0 saturated carbocycles. The number of carbonyl (C=O) groups is 2. The molecule has 2 N–H and O–H groups in total. The molecule has 3 aromatic rings. The monoisotopic (exact) mass is 445 g/mol. The van der Waals surface area contributed by atoms with Gasteiger partial charge in [-0.2, -0.15) is 0 Å². The summed E-state index contributed by atoms with van der Waals surface area (Å²) in [6, 6.07) is 14.5. The van der Waals surface area contributed by atoms with E-state index in [0.29, 0.717) is 29.8 Å². The molecule has 0 radical (unpaired) electrons. The molecule has 3 rings (SSSR count). The molecule has 1 aromatic carbocycles. The first kappa shape index (κ1) is 24.1. The molecule has 2 amide bonds. The van der Waals surface area contributed by atoms with Crippen LogP contribution in [0.15, 0.2) is 67.1 Å². The van der Waals surface area contributed by atoms with Crippen molar-refractivity contribution in [1.29, 1.82) is 0 Å². The molecular formula is C26H31N5O2. The number of hydrogen-bond acceptors (Lipinski definition) is 5. The molecule has 2 heterocycles. The van der Waals surface area contributed by atoms with Crippen LogP contribution in [0.5, 0.6) is 0 Å². The van der Waals surface area contributed by atoms with Crippen molar-refractivity contribution in [2.24, 2.45) is 0 Å². The van der Waals surface area contributed by atoms with Crippen molar-refractivity contribution in [2.45, 2.75) is 26.7 Å². The summed E-state index contributed by atoms with van der Waals surface area (Å²) in [7, 11) is 0. The maximum absolute atomic E-state index is 12.6. The average molecular weight is 446 g/mol. The van der Waals surface area contributed by atoms with Gasteiger partial charge in [-0.25, -0.2) is 0 Å². The Bertz CT molecular complexity index is 1050. The molecule has 0 aliphatic rings. The summed E-state index contributed by atoms with van der Waals surface area (Å²) in [6.45, 7) is 7.96. The number of rotatable bonds is 11. The number of carbonyl (C=O) groups excluding carboxylic acids is 2. The summed E-state index contributed by atoms with van der Waals surface area (Å²) in [4.78, 5) is 35.8. The molecule has 0 aliphatic carbocycles. The van der Waals surface area contributed by atoms with Gasteiger partial charge in [0.15, 0.2) is 0 Å². The molecular weight excluding hydrogens is 414 g/mol. The van der Waals surface area contributed by atoms with Crippen LogP contribution in [0.4, 0.5) is 5.69 Å². The highest BCUT2D eigenvalue weighted by atomic mass is 16.2. The molecule has 0 aliphatic heterocycles. The summed E-state index contributed by atoms with van der Waals surface area (Å²) in [5.74, 6) is -0.280. The van der Waals surface area contributed by atoms with Gasteiger partial charge < -0.3 is 15.5 Å². The second kappa shape index (κ2) is 12.5. The number of benzene rings is 1. The SMILES string of the molecule is CCN(CC)CCCNC(=O)c1cccc(Cc2cc(C(=O)Nc3ccncc3)ccn2)c1. The standard InChI is InChI=1S/C26H31N5O2/c1-3-31(4-2)16-6-12-29-25(32)21-8-5-7-20(17-21)18-24-19-22(9-15-28-24)26(33)30-23-10-13-27-14-11-23/h5,7-11,13-15,17,19H,3-4,6,12,16,18H2,1-2H3,(H,29,32)(H,27,30,33). The van der Waals surface area contributed by atoms with Crippen LogP contribution in [0.1, 0.15) is 52.2 Å². The Labute approximate surface area is 195 Å². The molecule has 7 heteroatoms. The van der Waals surface area contributed by atoms with E-state index in [9.17, 15) is 9.59 Å². The van der Waals surface area contributed by atoms with Crippen molar-refractivity contribution in [3.05, 3.63) is 89.5 Å². The zero-order valence-corrected chi connectivity index (χ0v) is 19.3. The molecule has 33 heavy (non-hydrogen) atoms. The Morgan fingerprint density at radius 3 is 2.42 bits per heavy atom. The summed E-state index contributed by atoms with van der Waals surface area (Å²) in [6.07, 6.45) is 6.33. The van der Waals surface area contributed by atoms with Crippen LogP contribution < -0.4 is 10.6 Å². The number of hydrogen-bond donors (Lipinski definition) is 2. The predicted octanol–water partition coefficient (Wildman–Crippen LogP) is 3.78. The number of amides is 2. The smallest absolute Gasteiger partial charge is 0.255 e. The molecule has 0 fully saturated rings. The summed E-state index contributed by atoms with van der Waals surface area (Å²) >= 11 is 0. The van der Waals surface area contributed by atoms with Crippen LogP contribution in [-0.4, -0.2) is 52.9 Å². The highest BCUT2D eigenvalue weighted by Gasteiger charge is 2.10. The van der Waals surface area contributed by atoms with Gasteiger partial charge in [0.2, 0.25) is 0 Å². The van der Waals surface area contributed by atoms with Gasteiger partial charge in [0.05, 0.1) is 0 Å². The zero-order valence-electron chi connectivity index (χ0n) is 19.3. The maximum atomic E-state index is 12.6. The van der Waals surface area contributed by atoms with Crippen LogP contribution >= 0.6 is 0 Å². The Hall–Kier alpha value is -3.58. The number of nitrogens with zero attached hydrogens (tertiary/aromatic N) is 3. The molecule has 0 bridgehead atoms. The third-order valence-corrected chi connectivity index (χ3v) is 5.42. The first-order chi connectivity index (χ1) is 16.1. The van der Waals surface area contributed by atoms with Crippen molar-refractivity contribution in [1.82, 2.24) is 20.2 Å². The van der Waals surface area contributed by atoms with Gasteiger partial charge in [-0.05, 0) is 68.0 Å². The Morgan fingerprint density at radius 2 is 1.67 bits per heavy atom. The highest BCUT2D eigenvalue weighted by molar-refractivity contribution is 6.04. The minimum absolute atomic E-state index is 0.0742. The molecule has 2 aromatic heterocycles. The first-order valence-electron chi connectivity index (χ1n) is 11.3. The lowest BCUT2D eigenvalue weighted by molar-refractivity contribution is 0.0951. The van der Waals surface area contributed by atoms with Crippen LogP contribution in [0.25, 0.3) is 0 Å². The quantitative estimate of drug-likeness (QED) is 0.439. The lowest BCUT2D eigenvalue weighted by Gasteiger charge is -2.17. The number of anilines is 1. The van der Waals surface area contributed by atoms with E-state index in [0.717, 1.165) is 37.3 Å². The van der Waals surface area contributed by atoms with Crippen LogP contribution in [0.3, 0.4) is 0 Å². The molecule has 0 saturated heterocycles. The Morgan fingerprint density at radius 1 is 0.909 bits per heavy atom. The van der Waals surface area contributed by atoms with Gasteiger partial charge in [0.25, 0.3) is 11.8 Å². The van der Waals surface area contributed by atoms with Crippen molar-refractivity contribution < 1.29 is 9.59 Å². The second-order valence-electron chi connectivity index (χ2n) is 7.74. The van der Waals surface area contributed by atoms with Gasteiger partial charge in [-0.15, -0.1) is 0 Å². The van der Waals surface area contributed by atoms with Gasteiger partial charge in [0, 0.05) is 54.1 Å². The topological polar surface area (TPSA) is 87.2 Å².